The largest absolute Gasteiger partial charge is 0.493 e. The van der Waals surface area contributed by atoms with Gasteiger partial charge in [0.25, 0.3) is 0 Å². The van der Waals surface area contributed by atoms with Crippen LogP contribution in [0.15, 0.2) is 36.4 Å². The highest BCUT2D eigenvalue weighted by Crippen LogP contribution is 2.28. The summed E-state index contributed by atoms with van der Waals surface area (Å²) < 4.78 is 16.1. The van der Waals surface area contributed by atoms with Gasteiger partial charge in [-0.2, -0.15) is 0 Å². The maximum absolute atomic E-state index is 10.2. The van der Waals surface area contributed by atoms with Crippen molar-refractivity contribution < 1.29 is 19.3 Å². The van der Waals surface area contributed by atoms with Gasteiger partial charge in [-0.25, -0.2) is 0 Å². The Labute approximate surface area is 170 Å². The molecule has 0 unspecified atom stereocenters. The van der Waals surface area contributed by atoms with Crippen molar-refractivity contribution in [3.63, 3.8) is 0 Å². The number of aliphatic hydroxyl groups is 1. The van der Waals surface area contributed by atoms with Crippen LogP contribution in [0.3, 0.4) is 0 Å². The molecule has 0 amide bonds. The lowest BCUT2D eigenvalue weighted by molar-refractivity contribution is 0.0126. The predicted molar refractivity (Wildman–Crippen MR) is 108 cm³/mol. The third-order valence-corrected chi connectivity index (χ3v) is 4.88. The first-order valence-electron chi connectivity index (χ1n) is 8.52. The summed E-state index contributed by atoms with van der Waals surface area (Å²) in [7, 11) is 5.10. The number of ether oxygens (including phenoxy) is 3. The highest BCUT2D eigenvalue weighted by molar-refractivity contribution is 6.42. The average Bonchev–Trinajstić information content (AvgIpc) is 2.65. The zero-order chi connectivity index (χ0) is 19.8. The van der Waals surface area contributed by atoms with Gasteiger partial charge in [-0.1, -0.05) is 41.4 Å². The minimum Gasteiger partial charge on any atom is -0.493 e. The number of rotatable bonds is 10. The van der Waals surface area contributed by atoms with Crippen LogP contribution in [0, 0.1) is 0 Å². The van der Waals surface area contributed by atoms with Crippen LogP contribution >= 0.6 is 23.2 Å². The molecule has 0 aromatic heterocycles. The Balaban J connectivity index is 1.79. The van der Waals surface area contributed by atoms with Crippen LogP contribution in [0.2, 0.25) is 10.0 Å². The van der Waals surface area contributed by atoms with E-state index in [-0.39, 0.29) is 6.61 Å². The van der Waals surface area contributed by atoms with Crippen molar-refractivity contribution in [3.8, 4) is 11.5 Å². The standard InChI is InChI=1S/C20H25Cl2NO4/c1-23(10-15-5-4-6-17(21)20(15)22)11-16(24)13-27-12-14-7-8-18(25-2)19(9-14)26-3/h4-9,16,24H,10-13H2,1-3H3/t16-/m0/s1. The number of nitrogens with zero attached hydrogens (tertiary/aromatic N) is 1. The lowest BCUT2D eigenvalue weighted by atomic mass is 10.2. The Morgan fingerprint density at radius 1 is 1.07 bits per heavy atom. The number of benzene rings is 2. The van der Waals surface area contributed by atoms with Gasteiger partial charge < -0.3 is 19.3 Å². The van der Waals surface area contributed by atoms with Crippen molar-refractivity contribution >= 4 is 23.2 Å². The molecule has 0 bridgehead atoms. The summed E-state index contributed by atoms with van der Waals surface area (Å²) in [6.45, 7) is 1.64. The van der Waals surface area contributed by atoms with Gasteiger partial charge in [0.1, 0.15) is 0 Å². The molecule has 0 saturated carbocycles. The highest BCUT2D eigenvalue weighted by atomic mass is 35.5. The fourth-order valence-corrected chi connectivity index (χ4v) is 3.10. The monoisotopic (exact) mass is 413 g/mol. The van der Waals surface area contributed by atoms with E-state index < -0.39 is 6.10 Å². The van der Waals surface area contributed by atoms with Crippen molar-refractivity contribution in [3.05, 3.63) is 57.6 Å². The van der Waals surface area contributed by atoms with Gasteiger partial charge in [-0.3, -0.25) is 4.90 Å². The van der Waals surface area contributed by atoms with Crippen LogP contribution in [-0.4, -0.2) is 50.5 Å². The van der Waals surface area contributed by atoms with Gasteiger partial charge in [0.15, 0.2) is 11.5 Å². The van der Waals surface area contributed by atoms with Crippen LogP contribution in [0.5, 0.6) is 11.5 Å². The fraction of sp³-hybridized carbons (Fsp3) is 0.400. The SMILES string of the molecule is COc1ccc(COC[C@@H](O)CN(C)Cc2cccc(Cl)c2Cl)cc1OC. The second kappa shape index (κ2) is 10.7. The molecular formula is C20H25Cl2NO4. The molecule has 2 aromatic carbocycles. The molecule has 1 N–H and O–H groups in total. The van der Waals surface area contributed by atoms with Crippen molar-refractivity contribution in [1.82, 2.24) is 4.90 Å². The first-order valence-corrected chi connectivity index (χ1v) is 9.28. The fourth-order valence-electron chi connectivity index (χ4n) is 2.72. The lowest BCUT2D eigenvalue weighted by Crippen LogP contribution is -2.32. The van der Waals surface area contributed by atoms with Crippen LogP contribution in [-0.2, 0) is 17.9 Å². The molecule has 1 atom stereocenters. The van der Waals surface area contributed by atoms with E-state index in [1.54, 1.807) is 20.3 Å². The molecule has 2 aromatic rings. The number of halogens is 2. The van der Waals surface area contributed by atoms with E-state index in [1.807, 2.05) is 42.3 Å². The van der Waals surface area contributed by atoms with Gasteiger partial charge in [0.2, 0.25) is 0 Å². The smallest absolute Gasteiger partial charge is 0.161 e. The van der Waals surface area contributed by atoms with Gasteiger partial charge in [-0.05, 0) is 36.4 Å². The molecular weight excluding hydrogens is 389 g/mol. The first kappa shape index (κ1) is 21.8. The van der Waals surface area contributed by atoms with Gasteiger partial charge in [0, 0.05) is 13.1 Å². The highest BCUT2D eigenvalue weighted by Gasteiger charge is 2.12. The second-order valence-corrected chi connectivity index (χ2v) is 7.05. The number of hydrogen-bond donors (Lipinski definition) is 1. The van der Waals surface area contributed by atoms with E-state index in [2.05, 4.69) is 0 Å². The zero-order valence-corrected chi connectivity index (χ0v) is 17.3. The van der Waals surface area contributed by atoms with E-state index >= 15 is 0 Å². The Hall–Kier alpha value is -1.50. The Morgan fingerprint density at radius 3 is 2.52 bits per heavy atom. The van der Waals surface area contributed by atoms with Gasteiger partial charge >= 0.3 is 0 Å². The molecule has 0 aliphatic rings. The minimum atomic E-state index is -0.617. The average molecular weight is 414 g/mol. The number of methoxy groups -OCH3 is 2. The molecule has 0 spiro atoms. The molecule has 0 fully saturated rings. The molecule has 148 valence electrons. The summed E-state index contributed by atoms with van der Waals surface area (Å²) in [4.78, 5) is 1.97. The molecule has 0 aliphatic heterocycles. The molecule has 0 saturated heterocycles. The third-order valence-electron chi connectivity index (χ3n) is 4.02. The predicted octanol–water partition coefficient (Wildman–Crippen LogP) is 4.02. The van der Waals surface area contributed by atoms with Gasteiger partial charge in [-0.15, -0.1) is 0 Å². The van der Waals surface area contributed by atoms with Crippen molar-refractivity contribution in [2.75, 3.05) is 34.4 Å². The zero-order valence-electron chi connectivity index (χ0n) is 15.7. The minimum absolute atomic E-state index is 0.224. The Bertz CT molecular complexity index is 742. The van der Waals surface area contributed by atoms with Crippen LogP contribution in [0.25, 0.3) is 0 Å². The Morgan fingerprint density at radius 2 is 1.81 bits per heavy atom. The van der Waals surface area contributed by atoms with Gasteiger partial charge in [0.05, 0.1) is 43.6 Å². The summed E-state index contributed by atoms with van der Waals surface area (Å²) in [5, 5.41) is 11.3. The summed E-state index contributed by atoms with van der Waals surface area (Å²) in [5.74, 6) is 1.32. The quantitative estimate of drug-likeness (QED) is 0.637. The molecule has 0 radical (unpaired) electrons. The van der Waals surface area contributed by atoms with Crippen LogP contribution in [0.4, 0.5) is 0 Å². The number of aliphatic hydroxyl groups excluding tert-OH is 1. The maximum atomic E-state index is 10.2. The van der Waals surface area contributed by atoms with E-state index in [0.29, 0.717) is 41.2 Å². The summed E-state index contributed by atoms with van der Waals surface area (Å²) in [6.07, 6.45) is -0.617. The maximum Gasteiger partial charge on any atom is 0.161 e. The van der Waals surface area contributed by atoms with E-state index in [0.717, 1.165) is 11.1 Å². The Kier molecular flexibility index (Phi) is 8.67. The summed E-state index contributed by atoms with van der Waals surface area (Å²) in [5.41, 5.74) is 1.86. The summed E-state index contributed by atoms with van der Waals surface area (Å²) >= 11 is 12.2. The normalized spacial score (nSPS) is 12.3. The molecule has 0 heterocycles. The first-order chi connectivity index (χ1) is 12.9. The third kappa shape index (κ3) is 6.55. The van der Waals surface area contributed by atoms with Crippen molar-refractivity contribution in [2.45, 2.75) is 19.3 Å². The van der Waals surface area contributed by atoms with Crippen LogP contribution in [0.1, 0.15) is 11.1 Å². The topological polar surface area (TPSA) is 51.2 Å². The molecule has 27 heavy (non-hydrogen) atoms. The number of hydrogen-bond acceptors (Lipinski definition) is 5. The van der Waals surface area contributed by atoms with Crippen molar-refractivity contribution in [2.24, 2.45) is 0 Å². The molecule has 0 aliphatic carbocycles. The van der Waals surface area contributed by atoms with E-state index in [9.17, 15) is 5.11 Å². The van der Waals surface area contributed by atoms with E-state index in [1.165, 1.54) is 0 Å². The molecule has 2 rings (SSSR count). The summed E-state index contributed by atoms with van der Waals surface area (Å²) in [6, 6.07) is 11.1. The van der Waals surface area contributed by atoms with Crippen LogP contribution < -0.4 is 9.47 Å². The molecule has 7 heteroatoms. The van der Waals surface area contributed by atoms with E-state index in [4.69, 9.17) is 37.4 Å². The number of likely N-dealkylation sites (N-methyl/N-ethyl adjacent to an activating group) is 1. The lowest BCUT2D eigenvalue weighted by Gasteiger charge is -2.21. The molecule has 5 nitrogen and oxygen atoms in total. The second-order valence-electron chi connectivity index (χ2n) is 6.27. The van der Waals surface area contributed by atoms with Crippen molar-refractivity contribution in [1.29, 1.82) is 0 Å².